The lowest BCUT2D eigenvalue weighted by atomic mass is 10.0. The molecular formula is C18H10F6N2. The number of benzene rings is 2. The average molecular weight is 368 g/mol. The molecule has 0 bridgehead atoms. The fraction of sp³-hybridized carbons (Fsp3) is 0.111. The Morgan fingerprint density at radius 3 is 1.73 bits per heavy atom. The van der Waals surface area contributed by atoms with Crippen LogP contribution in [0.2, 0.25) is 0 Å². The Bertz CT molecular complexity index is 858. The van der Waals surface area contributed by atoms with E-state index in [2.05, 4.69) is 10.2 Å². The first-order valence-electron chi connectivity index (χ1n) is 7.32. The van der Waals surface area contributed by atoms with Gasteiger partial charge in [-0.05, 0) is 35.9 Å². The Morgan fingerprint density at radius 2 is 1.15 bits per heavy atom. The highest BCUT2D eigenvalue weighted by molar-refractivity contribution is 5.70. The molecular weight excluding hydrogens is 358 g/mol. The van der Waals surface area contributed by atoms with Gasteiger partial charge in [0.05, 0.1) is 23.0 Å². The van der Waals surface area contributed by atoms with Crippen molar-refractivity contribution in [1.82, 2.24) is 10.2 Å². The largest absolute Gasteiger partial charge is 0.416 e. The monoisotopic (exact) mass is 368 g/mol. The molecule has 0 amide bonds. The molecule has 0 aliphatic heterocycles. The summed E-state index contributed by atoms with van der Waals surface area (Å²) >= 11 is 0. The topological polar surface area (TPSA) is 25.8 Å². The molecule has 8 heteroatoms. The molecule has 0 atom stereocenters. The SMILES string of the molecule is FC(F)(F)c1cccc(-c2cnnc(-c3cccc(C(F)(F)F)c3)c2)c1. The molecule has 3 rings (SSSR count). The summed E-state index contributed by atoms with van der Waals surface area (Å²) in [6.45, 7) is 0. The van der Waals surface area contributed by atoms with Crippen LogP contribution < -0.4 is 0 Å². The van der Waals surface area contributed by atoms with Gasteiger partial charge in [0.1, 0.15) is 0 Å². The van der Waals surface area contributed by atoms with Crippen molar-refractivity contribution in [2.75, 3.05) is 0 Å². The number of rotatable bonds is 2. The molecule has 1 aromatic heterocycles. The quantitative estimate of drug-likeness (QED) is 0.531. The average Bonchev–Trinajstić information content (AvgIpc) is 2.61. The van der Waals surface area contributed by atoms with Crippen LogP contribution in [0.15, 0.2) is 60.8 Å². The summed E-state index contributed by atoms with van der Waals surface area (Å²) in [5.41, 5.74) is -0.817. The third kappa shape index (κ3) is 3.84. The highest BCUT2D eigenvalue weighted by Gasteiger charge is 2.31. The summed E-state index contributed by atoms with van der Waals surface area (Å²) in [6.07, 6.45) is -7.75. The summed E-state index contributed by atoms with van der Waals surface area (Å²) in [4.78, 5) is 0. The van der Waals surface area contributed by atoms with Crippen LogP contribution in [0.4, 0.5) is 26.3 Å². The fourth-order valence-electron chi connectivity index (χ4n) is 2.40. The van der Waals surface area contributed by atoms with E-state index in [4.69, 9.17) is 0 Å². The van der Waals surface area contributed by atoms with Crippen LogP contribution in [-0.2, 0) is 12.4 Å². The minimum atomic E-state index is -4.51. The second-order valence-electron chi connectivity index (χ2n) is 5.49. The van der Waals surface area contributed by atoms with Crippen LogP contribution in [0.1, 0.15) is 11.1 Å². The molecule has 0 radical (unpaired) electrons. The van der Waals surface area contributed by atoms with E-state index >= 15 is 0 Å². The van der Waals surface area contributed by atoms with Gasteiger partial charge in [-0.1, -0.05) is 24.3 Å². The van der Waals surface area contributed by atoms with Crippen molar-refractivity contribution < 1.29 is 26.3 Å². The lowest BCUT2D eigenvalue weighted by Gasteiger charge is -2.10. The summed E-state index contributed by atoms with van der Waals surface area (Å²) in [6, 6.07) is 10.5. The fourth-order valence-corrected chi connectivity index (χ4v) is 2.40. The van der Waals surface area contributed by atoms with Crippen molar-refractivity contribution in [3.05, 3.63) is 71.9 Å². The highest BCUT2D eigenvalue weighted by atomic mass is 19.4. The van der Waals surface area contributed by atoms with Crippen molar-refractivity contribution >= 4 is 0 Å². The van der Waals surface area contributed by atoms with Crippen molar-refractivity contribution in [2.45, 2.75) is 12.4 Å². The van der Waals surface area contributed by atoms with Gasteiger partial charge in [-0.15, -0.1) is 0 Å². The van der Waals surface area contributed by atoms with Crippen molar-refractivity contribution in [2.24, 2.45) is 0 Å². The molecule has 0 aliphatic carbocycles. The van der Waals surface area contributed by atoms with E-state index < -0.39 is 23.5 Å². The van der Waals surface area contributed by atoms with Crippen LogP contribution >= 0.6 is 0 Å². The molecule has 0 saturated heterocycles. The summed E-state index contributed by atoms with van der Waals surface area (Å²) in [5, 5.41) is 7.50. The number of halogens is 6. The lowest BCUT2D eigenvalue weighted by Crippen LogP contribution is -2.05. The van der Waals surface area contributed by atoms with Crippen LogP contribution in [-0.4, -0.2) is 10.2 Å². The second kappa shape index (κ2) is 6.44. The molecule has 2 aromatic carbocycles. The maximum atomic E-state index is 12.8. The van der Waals surface area contributed by atoms with E-state index in [-0.39, 0.29) is 16.8 Å². The predicted octanol–water partition coefficient (Wildman–Crippen LogP) is 5.85. The van der Waals surface area contributed by atoms with Gasteiger partial charge < -0.3 is 0 Å². The summed E-state index contributed by atoms with van der Waals surface area (Å²) in [7, 11) is 0. The van der Waals surface area contributed by atoms with Gasteiger partial charge in [0.15, 0.2) is 0 Å². The van der Waals surface area contributed by atoms with Crippen molar-refractivity contribution in [3.63, 3.8) is 0 Å². The Balaban J connectivity index is 2.03. The van der Waals surface area contributed by atoms with Gasteiger partial charge in [-0.3, -0.25) is 0 Å². The second-order valence-corrected chi connectivity index (χ2v) is 5.49. The molecule has 0 unspecified atom stereocenters. The number of aromatic nitrogens is 2. The van der Waals surface area contributed by atoms with Gasteiger partial charge in [0.25, 0.3) is 0 Å². The number of nitrogens with zero attached hydrogens (tertiary/aromatic N) is 2. The summed E-state index contributed by atoms with van der Waals surface area (Å²) in [5.74, 6) is 0. The zero-order valence-electron chi connectivity index (χ0n) is 12.9. The van der Waals surface area contributed by atoms with Crippen LogP contribution in [0.3, 0.4) is 0 Å². The van der Waals surface area contributed by atoms with E-state index in [0.717, 1.165) is 24.3 Å². The molecule has 134 valence electrons. The zero-order chi connectivity index (χ0) is 18.9. The molecule has 0 spiro atoms. The zero-order valence-corrected chi connectivity index (χ0v) is 12.9. The molecule has 0 N–H and O–H groups in total. The van der Waals surface area contributed by atoms with E-state index in [1.165, 1.54) is 36.5 Å². The van der Waals surface area contributed by atoms with Crippen molar-refractivity contribution in [1.29, 1.82) is 0 Å². The predicted molar refractivity (Wildman–Crippen MR) is 82.9 cm³/mol. The maximum absolute atomic E-state index is 12.8. The number of hydrogen-bond donors (Lipinski definition) is 0. The minimum absolute atomic E-state index is 0.131. The summed E-state index contributed by atoms with van der Waals surface area (Å²) < 4.78 is 77.1. The van der Waals surface area contributed by atoms with Crippen LogP contribution in [0.25, 0.3) is 22.4 Å². The van der Waals surface area contributed by atoms with E-state index in [0.29, 0.717) is 5.56 Å². The highest BCUT2D eigenvalue weighted by Crippen LogP contribution is 2.34. The number of hydrogen-bond acceptors (Lipinski definition) is 2. The molecule has 3 aromatic rings. The standard InChI is InChI=1S/C18H10F6N2/c19-17(20,21)14-5-1-3-11(7-14)13-9-16(26-25-10-13)12-4-2-6-15(8-12)18(22,23)24/h1-10H. The first-order chi connectivity index (χ1) is 12.1. The Morgan fingerprint density at radius 1 is 0.615 bits per heavy atom. The van der Waals surface area contributed by atoms with Gasteiger partial charge in [0, 0.05) is 11.1 Å². The molecule has 2 nitrogen and oxygen atoms in total. The van der Waals surface area contributed by atoms with Gasteiger partial charge in [0.2, 0.25) is 0 Å². The smallest absolute Gasteiger partial charge is 0.166 e. The first-order valence-corrected chi connectivity index (χ1v) is 7.32. The molecule has 1 heterocycles. The van der Waals surface area contributed by atoms with Gasteiger partial charge in [-0.25, -0.2) is 0 Å². The molecule has 0 saturated carbocycles. The number of alkyl halides is 6. The Kier molecular flexibility index (Phi) is 4.43. The first kappa shape index (κ1) is 17.9. The Hall–Kier alpha value is -2.90. The van der Waals surface area contributed by atoms with Gasteiger partial charge >= 0.3 is 12.4 Å². The third-order valence-corrected chi connectivity index (χ3v) is 3.66. The van der Waals surface area contributed by atoms with E-state index in [1.54, 1.807) is 0 Å². The van der Waals surface area contributed by atoms with Gasteiger partial charge in [-0.2, -0.15) is 36.5 Å². The molecule has 26 heavy (non-hydrogen) atoms. The normalized spacial score (nSPS) is 12.2. The molecule has 0 aliphatic rings. The Labute approximate surface area is 144 Å². The van der Waals surface area contributed by atoms with E-state index in [1.807, 2.05) is 0 Å². The third-order valence-electron chi connectivity index (χ3n) is 3.66. The minimum Gasteiger partial charge on any atom is -0.166 e. The maximum Gasteiger partial charge on any atom is 0.416 e. The van der Waals surface area contributed by atoms with E-state index in [9.17, 15) is 26.3 Å². The lowest BCUT2D eigenvalue weighted by molar-refractivity contribution is -0.138. The van der Waals surface area contributed by atoms with Crippen molar-refractivity contribution in [3.8, 4) is 22.4 Å². The van der Waals surface area contributed by atoms with Crippen LogP contribution in [0, 0.1) is 0 Å². The van der Waals surface area contributed by atoms with Crippen LogP contribution in [0.5, 0.6) is 0 Å². The molecule has 0 fully saturated rings.